The Morgan fingerprint density at radius 1 is 1.18 bits per heavy atom. The summed E-state index contributed by atoms with van der Waals surface area (Å²) in [4.78, 5) is 22.1. The average Bonchev–Trinajstić information content (AvgIpc) is 3.73. The summed E-state index contributed by atoms with van der Waals surface area (Å²) >= 11 is 0. The molecule has 1 atom stereocenters. The summed E-state index contributed by atoms with van der Waals surface area (Å²) in [5.41, 5.74) is 3.46. The molecule has 184 valence electrons. The van der Waals surface area contributed by atoms with Crippen LogP contribution < -0.4 is 4.90 Å². The van der Waals surface area contributed by atoms with Crippen molar-refractivity contribution in [3.05, 3.63) is 22.4 Å². The number of pyridine rings is 1. The maximum Gasteiger partial charge on any atom is 0.225 e. The lowest BCUT2D eigenvalue weighted by Gasteiger charge is -2.43. The van der Waals surface area contributed by atoms with Gasteiger partial charge in [-0.05, 0) is 49.1 Å². The first-order chi connectivity index (χ1) is 16.3. The minimum absolute atomic E-state index is 0.111. The molecule has 2 aliphatic heterocycles. The van der Waals surface area contributed by atoms with Gasteiger partial charge in [-0.15, -0.1) is 0 Å². The number of anilines is 1. The predicted octanol–water partition coefficient (Wildman–Crippen LogP) is 1.61. The van der Waals surface area contributed by atoms with Crippen molar-refractivity contribution in [2.75, 3.05) is 51.1 Å². The van der Waals surface area contributed by atoms with Gasteiger partial charge in [0.15, 0.2) is 0 Å². The van der Waals surface area contributed by atoms with E-state index in [2.05, 4.69) is 11.0 Å². The molecule has 3 fully saturated rings. The van der Waals surface area contributed by atoms with Crippen molar-refractivity contribution in [1.82, 2.24) is 14.2 Å². The Kier molecular flexibility index (Phi) is 6.29. The van der Waals surface area contributed by atoms with Crippen LogP contribution >= 0.6 is 0 Å². The van der Waals surface area contributed by atoms with E-state index in [4.69, 9.17) is 9.72 Å². The van der Waals surface area contributed by atoms with Crippen LogP contribution in [0.4, 0.5) is 5.82 Å². The van der Waals surface area contributed by atoms with Crippen LogP contribution in [0.3, 0.4) is 0 Å². The Morgan fingerprint density at radius 2 is 1.94 bits per heavy atom. The maximum absolute atomic E-state index is 12.8. The van der Waals surface area contributed by atoms with Gasteiger partial charge < -0.3 is 14.5 Å². The van der Waals surface area contributed by atoms with E-state index in [9.17, 15) is 18.5 Å². The first kappa shape index (κ1) is 23.5. The fourth-order valence-electron chi connectivity index (χ4n) is 5.48. The second-order valence-corrected chi connectivity index (χ2v) is 12.0. The molecule has 0 spiro atoms. The molecule has 0 N–H and O–H groups in total. The van der Waals surface area contributed by atoms with Crippen molar-refractivity contribution < 1.29 is 17.9 Å². The molecule has 4 aliphatic rings. The highest BCUT2D eigenvalue weighted by Gasteiger charge is 2.42. The molecule has 1 saturated heterocycles. The van der Waals surface area contributed by atoms with Crippen LogP contribution in [0.1, 0.15) is 60.4 Å². The predicted molar refractivity (Wildman–Crippen MR) is 127 cm³/mol. The summed E-state index contributed by atoms with van der Waals surface area (Å²) in [5.74, 6) is 1.69. The number of sulfonamides is 1. The molecule has 1 unspecified atom stereocenters. The molecule has 2 saturated carbocycles. The summed E-state index contributed by atoms with van der Waals surface area (Å²) in [6.07, 6.45) is 6.63. The van der Waals surface area contributed by atoms with Crippen molar-refractivity contribution in [3.63, 3.8) is 0 Å². The van der Waals surface area contributed by atoms with E-state index >= 15 is 0 Å². The number of carbonyl (C=O) groups excluding carboxylic acids is 1. The van der Waals surface area contributed by atoms with Gasteiger partial charge in [0.1, 0.15) is 11.9 Å². The van der Waals surface area contributed by atoms with Crippen LogP contribution in [0.15, 0.2) is 0 Å². The zero-order valence-electron chi connectivity index (χ0n) is 20.0. The van der Waals surface area contributed by atoms with E-state index in [1.807, 2.05) is 4.90 Å². The van der Waals surface area contributed by atoms with Crippen molar-refractivity contribution >= 4 is 21.7 Å². The highest BCUT2D eigenvalue weighted by atomic mass is 32.2. The lowest BCUT2D eigenvalue weighted by molar-refractivity contribution is -0.135. The number of nitrogens with zero attached hydrogens (tertiary/aromatic N) is 5. The standard InChI is InChI=1S/C24H33N5O4S/c1-33-12-8-22(30)29-11-10-27(15-21(29)16-3-4-16)24-19(13-25)20-14-28(34(2,31)32)9-7-18(20)23(26-24)17-5-6-17/h16-17,21H,3-12,14-15H2,1-2H3. The normalized spacial score (nSPS) is 23.5. The highest BCUT2D eigenvalue weighted by Crippen LogP contribution is 2.45. The van der Waals surface area contributed by atoms with E-state index < -0.39 is 10.0 Å². The SMILES string of the molecule is COCCC(=O)N1CCN(c2nc(C3CC3)c3c(c2C#N)CN(S(C)(=O)=O)CC3)CC1C1CC1. The molecule has 0 bridgehead atoms. The zero-order chi connectivity index (χ0) is 24.0. The first-order valence-corrected chi connectivity index (χ1v) is 14.1. The topological polar surface area (TPSA) is 107 Å². The van der Waals surface area contributed by atoms with Crippen molar-refractivity contribution in [3.8, 4) is 6.07 Å². The van der Waals surface area contributed by atoms with Crippen LogP contribution in [-0.2, 0) is 32.5 Å². The summed E-state index contributed by atoms with van der Waals surface area (Å²) in [6, 6.07) is 2.49. The van der Waals surface area contributed by atoms with Crippen LogP contribution in [-0.4, -0.2) is 80.7 Å². The number of nitriles is 1. The minimum Gasteiger partial charge on any atom is -0.384 e. The molecule has 1 aromatic rings. The van der Waals surface area contributed by atoms with Gasteiger partial charge in [-0.2, -0.15) is 9.57 Å². The van der Waals surface area contributed by atoms with E-state index in [0.717, 1.165) is 42.5 Å². The number of methoxy groups -OCH3 is 1. The molecular weight excluding hydrogens is 454 g/mol. The molecule has 1 amide bonds. The van der Waals surface area contributed by atoms with Gasteiger partial charge >= 0.3 is 0 Å². The molecule has 2 aliphatic carbocycles. The van der Waals surface area contributed by atoms with Crippen LogP contribution in [0.25, 0.3) is 0 Å². The fourth-order valence-corrected chi connectivity index (χ4v) is 6.26. The molecule has 10 heteroatoms. The van der Waals surface area contributed by atoms with E-state index in [1.165, 1.54) is 10.6 Å². The van der Waals surface area contributed by atoms with Crippen molar-refractivity contribution in [2.24, 2.45) is 5.92 Å². The van der Waals surface area contributed by atoms with Gasteiger partial charge in [0, 0.05) is 51.4 Å². The number of aromatic nitrogens is 1. The Balaban J connectivity index is 1.49. The van der Waals surface area contributed by atoms with Gasteiger partial charge in [0.2, 0.25) is 15.9 Å². The monoisotopic (exact) mass is 487 g/mol. The lowest BCUT2D eigenvalue weighted by Crippen LogP contribution is -2.56. The third-order valence-electron chi connectivity index (χ3n) is 7.64. The first-order valence-electron chi connectivity index (χ1n) is 12.3. The number of hydrogen-bond donors (Lipinski definition) is 0. The average molecular weight is 488 g/mol. The molecule has 0 aromatic carbocycles. The number of hydrogen-bond acceptors (Lipinski definition) is 7. The van der Waals surface area contributed by atoms with Gasteiger partial charge in [0.05, 0.1) is 30.9 Å². The highest BCUT2D eigenvalue weighted by molar-refractivity contribution is 7.88. The summed E-state index contributed by atoms with van der Waals surface area (Å²) in [5, 5.41) is 10.2. The molecule has 9 nitrogen and oxygen atoms in total. The second-order valence-electron chi connectivity index (χ2n) is 10.1. The number of ether oxygens (including phenoxy) is 1. The van der Waals surface area contributed by atoms with Crippen molar-refractivity contribution in [1.29, 1.82) is 5.26 Å². The van der Waals surface area contributed by atoms with E-state index in [0.29, 0.717) is 68.8 Å². The molecule has 5 rings (SSSR count). The second kappa shape index (κ2) is 9.10. The number of carbonyl (C=O) groups is 1. The third kappa shape index (κ3) is 4.53. The number of amides is 1. The number of rotatable bonds is 7. The largest absolute Gasteiger partial charge is 0.384 e. The van der Waals surface area contributed by atoms with Gasteiger partial charge in [-0.3, -0.25) is 4.79 Å². The van der Waals surface area contributed by atoms with Crippen LogP contribution in [0, 0.1) is 17.2 Å². The summed E-state index contributed by atoms with van der Waals surface area (Å²) in [6.45, 7) is 2.95. The lowest BCUT2D eigenvalue weighted by atomic mass is 9.93. The Bertz CT molecular complexity index is 1120. The van der Waals surface area contributed by atoms with Gasteiger partial charge in [-0.1, -0.05) is 0 Å². The van der Waals surface area contributed by atoms with Crippen LogP contribution in [0.5, 0.6) is 0 Å². The van der Waals surface area contributed by atoms with E-state index in [-0.39, 0.29) is 18.5 Å². The number of fused-ring (bicyclic) bond motifs is 1. The minimum atomic E-state index is -3.35. The molecule has 0 radical (unpaired) electrons. The maximum atomic E-state index is 12.8. The van der Waals surface area contributed by atoms with E-state index in [1.54, 1.807) is 7.11 Å². The van der Waals surface area contributed by atoms with Crippen LogP contribution in [0.2, 0.25) is 0 Å². The fraction of sp³-hybridized carbons (Fsp3) is 0.708. The smallest absolute Gasteiger partial charge is 0.225 e. The van der Waals surface area contributed by atoms with Crippen molar-refractivity contribution in [2.45, 2.75) is 57.0 Å². The Morgan fingerprint density at radius 3 is 2.56 bits per heavy atom. The van der Waals surface area contributed by atoms with Gasteiger partial charge in [-0.25, -0.2) is 13.4 Å². The Hall–Kier alpha value is -2.22. The number of piperazine rings is 1. The third-order valence-corrected chi connectivity index (χ3v) is 8.89. The molecule has 1 aromatic heterocycles. The summed E-state index contributed by atoms with van der Waals surface area (Å²) < 4.78 is 31.1. The zero-order valence-corrected chi connectivity index (χ0v) is 20.8. The quantitative estimate of drug-likeness (QED) is 0.575. The molecule has 3 heterocycles. The molecular formula is C24H33N5O4S. The van der Waals surface area contributed by atoms with Gasteiger partial charge in [0.25, 0.3) is 0 Å². The summed E-state index contributed by atoms with van der Waals surface area (Å²) in [7, 11) is -1.74. The molecule has 34 heavy (non-hydrogen) atoms. The Labute approximate surface area is 201 Å².